The molecule has 0 bridgehead atoms. The zero-order chi connectivity index (χ0) is 23.4. The van der Waals surface area contributed by atoms with Crippen molar-refractivity contribution >= 4 is 61.5 Å². The molecular formula is C21H21N3O6S3. The number of carbonyl (C=O) groups is 2. The molecule has 1 aliphatic rings. The summed E-state index contributed by atoms with van der Waals surface area (Å²) in [5, 5.41) is 11.4. The van der Waals surface area contributed by atoms with Gasteiger partial charge in [-0.3, -0.25) is 4.79 Å². The Morgan fingerprint density at radius 1 is 1.24 bits per heavy atom. The minimum absolute atomic E-state index is 0.0120. The first-order valence-electron chi connectivity index (χ1n) is 10.3. The van der Waals surface area contributed by atoms with Crippen molar-refractivity contribution < 1.29 is 27.2 Å². The quantitative estimate of drug-likeness (QED) is 0.456. The van der Waals surface area contributed by atoms with Crippen LogP contribution in [0.5, 0.6) is 0 Å². The molecule has 0 saturated carbocycles. The second-order valence-corrected chi connectivity index (χ2v) is 11.1. The van der Waals surface area contributed by atoms with E-state index in [0.29, 0.717) is 10.6 Å². The lowest BCUT2D eigenvalue weighted by molar-refractivity contribution is -0.113. The van der Waals surface area contributed by atoms with Gasteiger partial charge in [-0.2, -0.15) is 0 Å². The molecule has 3 heterocycles. The summed E-state index contributed by atoms with van der Waals surface area (Å²) in [4.78, 5) is 27.1. The van der Waals surface area contributed by atoms with Gasteiger partial charge in [0.15, 0.2) is 0 Å². The molecule has 3 aromatic rings. The second-order valence-electron chi connectivity index (χ2n) is 7.20. The largest absolute Gasteiger partial charge is 0.462 e. The number of amides is 1. The Kier molecular flexibility index (Phi) is 7.05. The number of aromatic nitrogens is 2. The molecule has 0 saturated heterocycles. The molecular weight excluding hydrogens is 486 g/mol. The summed E-state index contributed by atoms with van der Waals surface area (Å²) >= 11 is 2.79. The van der Waals surface area contributed by atoms with Crippen molar-refractivity contribution in [3.05, 3.63) is 44.3 Å². The van der Waals surface area contributed by atoms with Crippen molar-refractivity contribution in [2.75, 3.05) is 17.7 Å². The second kappa shape index (κ2) is 9.98. The Morgan fingerprint density at radius 3 is 2.82 bits per heavy atom. The van der Waals surface area contributed by atoms with E-state index in [0.717, 1.165) is 41.0 Å². The Bertz CT molecular complexity index is 1290. The fourth-order valence-corrected chi connectivity index (χ4v) is 6.25. The number of carbonyl (C=O) groups excluding carboxylic acids is 2. The normalized spacial score (nSPS) is 13.7. The number of rotatable bonds is 8. The first kappa shape index (κ1) is 23.3. The van der Waals surface area contributed by atoms with Crippen LogP contribution in [-0.2, 0) is 32.2 Å². The van der Waals surface area contributed by atoms with Crippen molar-refractivity contribution in [3.63, 3.8) is 0 Å². The van der Waals surface area contributed by atoms with Crippen LogP contribution in [0.4, 0.5) is 5.00 Å². The third-order valence-electron chi connectivity index (χ3n) is 4.85. The van der Waals surface area contributed by atoms with E-state index in [-0.39, 0.29) is 12.5 Å². The molecule has 0 radical (unpaired) electrons. The van der Waals surface area contributed by atoms with Gasteiger partial charge in [0.2, 0.25) is 21.6 Å². The average Bonchev–Trinajstić information content (AvgIpc) is 3.51. The van der Waals surface area contributed by atoms with Crippen LogP contribution in [0.1, 0.15) is 51.3 Å². The number of esters is 1. The zero-order valence-corrected chi connectivity index (χ0v) is 20.1. The lowest BCUT2D eigenvalue weighted by atomic mass is 9.95. The number of hydrogen-bond donors (Lipinski definition) is 1. The van der Waals surface area contributed by atoms with Crippen molar-refractivity contribution in [1.29, 1.82) is 0 Å². The summed E-state index contributed by atoms with van der Waals surface area (Å²) in [5.41, 5.74) is 1.20. The van der Waals surface area contributed by atoms with Crippen molar-refractivity contribution in [2.24, 2.45) is 0 Å². The maximum absolute atomic E-state index is 12.6. The monoisotopic (exact) mass is 507 g/mol. The molecule has 0 unspecified atom stereocenters. The molecule has 3 aromatic heterocycles. The minimum atomic E-state index is -4.17. The smallest absolute Gasteiger partial charge is 0.341 e. The molecule has 4 rings (SSSR count). The first-order valence-corrected chi connectivity index (χ1v) is 13.6. The van der Waals surface area contributed by atoms with Gasteiger partial charge in [-0.05, 0) is 55.7 Å². The summed E-state index contributed by atoms with van der Waals surface area (Å²) < 4.78 is 35.6. The van der Waals surface area contributed by atoms with Crippen LogP contribution >= 0.6 is 22.7 Å². The number of nitrogens with one attached hydrogen (secondary N) is 1. The Labute approximate surface area is 198 Å². The molecule has 1 N–H and O–H groups in total. The van der Waals surface area contributed by atoms with Crippen molar-refractivity contribution in [3.8, 4) is 0 Å². The molecule has 0 fully saturated rings. The fourth-order valence-electron chi connectivity index (χ4n) is 3.42. The Balaban J connectivity index is 1.48. The number of aryl methyl sites for hydroxylation is 1. The van der Waals surface area contributed by atoms with E-state index in [2.05, 4.69) is 15.5 Å². The van der Waals surface area contributed by atoms with Crippen molar-refractivity contribution in [1.82, 2.24) is 10.2 Å². The molecule has 0 aromatic carbocycles. The Morgan fingerprint density at radius 2 is 2.06 bits per heavy atom. The summed E-state index contributed by atoms with van der Waals surface area (Å²) in [6, 6.07) is 3.76. The summed E-state index contributed by atoms with van der Waals surface area (Å²) in [7, 11) is -4.17. The Hall–Kier alpha value is -2.83. The summed E-state index contributed by atoms with van der Waals surface area (Å²) in [6.07, 6.45) is 6.69. The molecule has 0 spiro atoms. The standard InChI is InChI=1S/C21H21N3O6S3/c1-2-29-20(26)18-14-7-3-4-8-15(14)32-19(18)22-16(25)12-33(27,28)21-24-23-17(30-21)10-9-13-6-5-11-31-13/h5-6,9-11H,2-4,7-8,12H2,1H3,(H,22,25). The van der Waals surface area contributed by atoms with Crippen molar-refractivity contribution in [2.45, 2.75) is 37.8 Å². The van der Waals surface area contributed by atoms with Crippen LogP contribution in [0.2, 0.25) is 0 Å². The van der Waals surface area contributed by atoms with Crippen LogP contribution in [0.25, 0.3) is 12.2 Å². The van der Waals surface area contributed by atoms with Gasteiger partial charge in [0, 0.05) is 15.8 Å². The lowest BCUT2D eigenvalue weighted by Gasteiger charge is -2.12. The molecule has 174 valence electrons. The highest BCUT2D eigenvalue weighted by molar-refractivity contribution is 7.91. The fraction of sp³-hybridized carbons (Fsp3) is 0.333. The highest BCUT2D eigenvalue weighted by Crippen LogP contribution is 2.38. The number of thiophene rings is 2. The van der Waals surface area contributed by atoms with E-state index < -0.39 is 32.7 Å². The van der Waals surface area contributed by atoms with Crippen LogP contribution in [0.3, 0.4) is 0 Å². The number of hydrogen-bond acceptors (Lipinski definition) is 10. The van der Waals surface area contributed by atoms with E-state index >= 15 is 0 Å². The predicted molar refractivity (Wildman–Crippen MR) is 125 cm³/mol. The van der Waals surface area contributed by atoms with Gasteiger partial charge in [0.05, 0.1) is 12.2 Å². The van der Waals surface area contributed by atoms with Crippen LogP contribution in [-0.4, -0.2) is 42.9 Å². The minimum Gasteiger partial charge on any atom is -0.462 e. The predicted octanol–water partition coefficient (Wildman–Crippen LogP) is 3.83. The maximum Gasteiger partial charge on any atom is 0.341 e. The third-order valence-corrected chi connectivity index (χ3v) is 8.23. The average molecular weight is 508 g/mol. The van der Waals surface area contributed by atoms with Crippen LogP contribution in [0, 0.1) is 0 Å². The number of nitrogens with zero attached hydrogens (tertiary/aromatic N) is 2. The van der Waals surface area contributed by atoms with E-state index in [4.69, 9.17) is 9.15 Å². The highest BCUT2D eigenvalue weighted by Gasteiger charge is 2.30. The maximum atomic E-state index is 12.6. The number of sulfone groups is 1. The lowest BCUT2D eigenvalue weighted by Crippen LogP contribution is -2.24. The first-order chi connectivity index (χ1) is 15.9. The molecule has 12 heteroatoms. The van der Waals surface area contributed by atoms with Gasteiger partial charge in [-0.1, -0.05) is 11.2 Å². The van der Waals surface area contributed by atoms with E-state index in [1.54, 1.807) is 13.0 Å². The SMILES string of the molecule is CCOC(=O)c1c(NC(=O)CS(=O)(=O)c2nnc(C=Cc3cccs3)o2)sc2c1CCCC2. The van der Waals surface area contributed by atoms with E-state index in [1.165, 1.54) is 28.7 Å². The summed E-state index contributed by atoms with van der Waals surface area (Å²) in [5.74, 6) is -2.20. The van der Waals surface area contributed by atoms with Gasteiger partial charge < -0.3 is 14.5 Å². The van der Waals surface area contributed by atoms with E-state index in [9.17, 15) is 18.0 Å². The molecule has 9 nitrogen and oxygen atoms in total. The van der Waals surface area contributed by atoms with Gasteiger partial charge >= 0.3 is 11.2 Å². The number of anilines is 1. The highest BCUT2D eigenvalue weighted by atomic mass is 32.2. The molecule has 0 aliphatic heterocycles. The third kappa shape index (κ3) is 5.40. The molecule has 33 heavy (non-hydrogen) atoms. The molecule has 1 amide bonds. The molecule has 1 aliphatic carbocycles. The topological polar surface area (TPSA) is 128 Å². The van der Waals surface area contributed by atoms with Gasteiger partial charge in [0.1, 0.15) is 10.8 Å². The molecule has 0 atom stereocenters. The summed E-state index contributed by atoms with van der Waals surface area (Å²) in [6.45, 7) is 1.90. The van der Waals surface area contributed by atoms with Crippen LogP contribution in [0.15, 0.2) is 27.2 Å². The van der Waals surface area contributed by atoms with Crippen LogP contribution < -0.4 is 5.32 Å². The number of ether oxygens (including phenoxy) is 1. The van der Waals surface area contributed by atoms with Gasteiger partial charge in [-0.15, -0.1) is 27.8 Å². The number of fused-ring (bicyclic) bond motifs is 1. The van der Waals surface area contributed by atoms with E-state index in [1.807, 2.05) is 17.5 Å². The van der Waals surface area contributed by atoms with Gasteiger partial charge in [-0.25, -0.2) is 13.2 Å². The van der Waals surface area contributed by atoms with Gasteiger partial charge in [0.25, 0.3) is 0 Å². The zero-order valence-electron chi connectivity index (χ0n) is 17.7.